The monoisotopic (exact) mass is 265 g/mol. The zero-order valence-electron chi connectivity index (χ0n) is 11.8. The summed E-state index contributed by atoms with van der Waals surface area (Å²) in [5, 5.41) is 3.79. The Kier molecular flexibility index (Phi) is 2.61. The molecule has 0 radical (unpaired) electrons. The Balaban J connectivity index is 1.94. The first kappa shape index (κ1) is 12.0. The average Bonchev–Trinajstić information content (AvgIpc) is 2.87. The van der Waals surface area contributed by atoms with Crippen LogP contribution in [-0.4, -0.2) is 7.11 Å². The highest BCUT2D eigenvalue weighted by Gasteiger charge is 2.42. The Morgan fingerprint density at radius 1 is 1.05 bits per heavy atom. The van der Waals surface area contributed by atoms with Crippen molar-refractivity contribution in [3.05, 3.63) is 64.7 Å². The van der Waals surface area contributed by atoms with E-state index in [9.17, 15) is 0 Å². The minimum atomic E-state index is -0.00127. The SMILES string of the molecule is COc1ccc2c(c1)C1(CCCc3ccccc31)NC2. The molecule has 0 amide bonds. The van der Waals surface area contributed by atoms with Crippen molar-refractivity contribution in [3.8, 4) is 5.75 Å². The van der Waals surface area contributed by atoms with Crippen LogP contribution >= 0.6 is 0 Å². The van der Waals surface area contributed by atoms with E-state index >= 15 is 0 Å². The molecule has 1 spiro atoms. The molecule has 0 bridgehead atoms. The summed E-state index contributed by atoms with van der Waals surface area (Å²) in [6, 6.07) is 15.4. The highest BCUT2D eigenvalue weighted by molar-refractivity contribution is 5.52. The number of aryl methyl sites for hydroxylation is 1. The summed E-state index contributed by atoms with van der Waals surface area (Å²) in [5.74, 6) is 0.954. The van der Waals surface area contributed by atoms with E-state index in [1.807, 2.05) is 0 Å². The Labute approximate surface area is 119 Å². The molecule has 2 nitrogen and oxygen atoms in total. The van der Waals surface area contributed by atoms with Gasteiger partial charge >= 0.3 is 0 Å². The maximum atomic E-state index is 5.43. The maximum Gasteiger partial charge on any atom is 0.119 e. The molecule has 4 rings (SSSR count). The molecule has 2 aromatic carbocycles. The van der Waals surface area contributed by atoms with Gasteiger partial charge in [0, 0.05) is 6.54 Å². The van der Waals surface area contributed by atoms with Gasteiger partial charge in [0.1, 0.15) is 5.75 Å². The lowest BCUT2D eigenvalue weighted by Crippen LogP contribution is -2.41. The smallest absolute Gasteiger partial charge is 0.119 e. The van der Waals surface area contributed by atoms with Crippen LogP contribution in [0.5, 0.6) is 5.75 Å². The minimum Gasteiger partial charge on any atom is -0.497 e. The minimum absolute atomic E-state index is 0.00127. The van der Waals surface area contributed by atoms with Gasteiger partial charge in [-0.25, -0.2) is 0 Å². The molecule has 20 heavy (non-hydrogen) atoms. The van der Waals surface area contributed by atoms with Gasteiger partial charge in [-0.05, 0) is 53.6 Å². The van der Waals surface area contributed by atoms with Crippen LogP contribution in [0.4, 0.5) is 0 Å². The fraction of sp³-hybridized carbons (Fsp3) is 0.333. The highest BCUT2D eigenvalue weighted by atomic mass is 16.5. The van der Waals surface area contributed by atoms with E-state index in [-0.39, 0.29) is 5.54 Å². The van der Waals surface area contributed by atoms with Crippen LogP contribution < -0.4 is 10.1 Å². The molecule has 0 aromatic heterocycles. The Hall–Kier alpha value is -1.80. The van der Waals surface area contributed by atoms with Gasteiger partial charge in [0.05, 0.1) is 12.6 Å². The van der Waals surface area contributed by atoms with Crippen molar-refractivity contribution in [3.63, 3.8) is 0 Å². The van der Waals surface area contributed by atoms with Gasteiger partial charge in [0.2, 0.25) is 0 Å². The number of nitrogens with one attached hydrogen (secondary N) is 1. The Morgan fingerprint density at radius 2 is 1.95 bits per heavy atom. The van der Waals surface area contributed by atoms with E-state index < -0.39 is 0 Å². The predicted molar refractivity (Wildman–Crippen MR) is 80.0 cm³/mol. The quantitative estimate of drug-likeness (QED) is 0.853. The third-order valence-electron chi connectivity index (χ3n) is 4.83. The number of fused-ring (bicyclic) bond motifs is 4. The lowest BCUT2D eigenvalue weighted by Gasteiger charge is -2.37. The molecule has 1 aliphatic carbocycles. The van der Waals surface area contributed by atoms with Crippen LogP contribution in [-0.2, 0) is 18.5 Å². The van der Waals surface area contributed by atoms with Crippen LogP contribution in [0.25, 0.3) is 0 Å². The fourth-order valence-corrected chi connectivity index (χ4v) is 3.87. The van der Waals surface area contributed by atoms with Crippen molar-refractivity contribution < 1.29 is 4.74 Å². The van der Waals surface area contributed by atoms with Crippen molar-refractivity contribution in [2.45, 2.75) is 31.3 Å². The maximum absolute atomic E-state index is 5.43. The van der Waals surface area contributed by atoms with Gasteiger partial charge in [0.25, 0.3) is 0 Å². The molecule has 1 aliphatic heterocycles. The van der Waals surface area contributed by atoms with E-state index in [4.69, 9.17) is 4.74 Å². The number of rotatable bonds is 1. The van der Waals surface area contributed by atoms with E-state index in [1.54, 1.807) is 7.11 Å². The second kappa shape index (κ2) is 4.35. The summed E-state index contributed by atoms with van der Waals surface area (Å²) in [5.41, 5.74) is 5.75. The van der Waals surface area contributed by atoms with Crippen molar-refractivity contribution in [1.82, 2.24) is 5.32 Å². The van der Waals surface area contributed by atoms with Crippen molar-refractivity contribution >= 4 is 0 Å². The topological polar surface area (TPSA) is 21.3 Å². The molecule has 0 saturated carbocycles. The third-order valence-corrected chi connectivity index (χ3v) is 4.83. The first-order chi connectivity index (χ1) is 9.83. The predicted octanol–water partition coefficient (Wildman–Crippen LogP) is 3.38. The molecular weight excluding hydrogens is 246 g/mol. The molecule has 1 heterocycles. The summed E-state index contributed by atoms with van der Waals surface area (Å²) >= 11 is 0. The van der Waals surface area contributed by atoms with Crippen LogP contribution in [0, 0.1) is 0 Å². The summed E-state index contributed by atoms with van der Waals surface area (Å²) < 4.78 is 5.43. The second-order valence-corrected chi connectivity index (χ2v) is 5.79. The van der Waals surface area contributed by atoms with Crippen LogP contribution in [0.2, 0.25) is 0 Å². The Bertz CT molecular complexity index is 664. The number of benzene rings is 2. The van der Waals surface area contributed by atoms with Gasteiger partial charge < -0.3 is 4.74 Å². The lowest BCUT2D eigenvalue weighted by molar-refractivity contribution is 0.368. The zero-order valence-corrected chi connectivity index (χ0v) is 11.8. The van der Waals surface area contributed by atoms with Crippen LogP contribution in [0.3, 0.4) is 0 Å². The van der Waals surface area contributed by atoms with E-state index in [2.05, 4.69) is 47.8 Å². The first-order valence-electron chi connectivity index (χ1n) is 7.34. The summed E-state index contributed by atoms with van der Waals surface area (Å²) in [7, 11) is 1.74. The van der Waals surface area contributed by atoms with Gasteiger partial charge in [-0.1, -0.05) is 30.3 Å². The van der Waals surface area contributed by atoms with Crippen molar-refractivity contribution in [2.24, 2.45) is 0 Å². The molecule has 2 aliphatic rings. The van der Waals surface area contributed by atoms with Gasteiger partial charge in [-0.15, -0.1) is 0 Å². The molecule has 0 saturated heterocycles. The van der Waals surface area contributed by atoms with Gasteiger partial charge in [-0.3, -0.25) is 5.32 Å². The van der Waals surface area contributed by atoms with Gasteiger partial charge in [-0.2, -0.15) is 0 Å². The molecule has 2 heteroatoms. The van der Waals surface area contributed by atoms with Crippen molar-refractivity contribution in [1.29, 1.82) is 0 Å². The number of hydrogen-bond acceptors (Lipinski definition) is 2. The van der Waals surface area contributed by atoms with Gasteiger partial charge in [0.15, 0.2) is 0 Å². The molecule has 1 unspecified atom stereocenters. The molecule has 1 atom stereocenters. The third kappa shape index (κ3) is 1.55. The van der Waals surface area contributed by atoms with E-state index in [0.29, 0.717) is 0 Å². The largest absolute Gasteiger partial charge is 0.497 e. The number of hydrogen-bond donors (Lipinski definition) is 1. The lowest BCUT2D eigenvalue weighted by atomic mass is 9.73. The number of methoxy groups -OCH3 is 1. The number of ether oxygens (including phenoxy) is 1. The standard InChI is InChI=1S/C18H19NO/c1-20-15-9-8-14-12-19-18(17(14)11-15)10-4-6-13-5-2-3-7-16(13)18/h2-3,5,7-9,11,19H,4,6,10,12H2,1H3. The summed E-state index contributed by atoms with van der Waals surface area (Å²) in [4.78, 5) is 0. The summed E-state index contributed by atoms with van der Waals surface area (Å²) in [6.45, 7) is 0.952. The fourth-order valence-electron chi connectivity index (χ4n) is 3.87. The normalized spacial score (nSPS) is 23.4. The molecule has 1 N–H and O–H groups in total. The average molecular weight is 265 g/mol. The molecule has 0 fully saturated rings. The van der Waals surface area contributed by atoms with Crippen LogP contribution in [0.15, 0.2) is 42.5 Å². The van der Waals surface area contributed by atoms with Crippen molar-refractivity contribution in [2.75, 3.05) is 7.11 Å². The molecular formula is C18H19NO. The van der Waals surface area contributed by atoms with E-state index in [0.717, 1.165) is 12.3 Å². The zero-order chi connectivity index (χ0) is 13.6. The Morgan fingerprint density at radius 3 is 2.85 bits per heavy atom. The highest BCUT2D eigenvalue weighted by Crippen LogP contribution is 2.46. The molecule has 2 aromatic rings. The summed E-state index contributed by atoms with van der Waals surface area (Å²) in [6.07, 6.45) is 3.60. The second-order valence-electron chi connectivity index (χ2n) is 5.79. The van der Waals surface area contributed by atoms with E-state index in [1.165, 1.54) is 41.5 Å². The van der Waals surface area contributed by atoms with Crippen LogP contribution in [0.1, 0.15) is 35.1 Å². The first-order valence-corrected chi connectivity index (χ1v) is 7.34. The molecule has 102 valence electrons.